The van der Waals surface area contributed by atoms with E-state index in [4.69, 9.17) is 38.4 Å². The summed E-state index contributed by atoms with van der Waals surface area (Å²) >= 11 is 12.3. The number of benzene rings is 2. The predicted molar refractivity (Wildman–Crippen MR) is 136 cm³/mol. The SMILES string of the molecule is O=C(CCCCCCN1CCCc2nc(-c3ccc(Cl)cc3)c(-c3ccc(Cl)cc3)nc21)NO. The van der Waals surface area contributed by atoms with Crippen molar-refractivity contribution in [3.8, 4) is 22.5 Å². The number of carbonyl (C=O) groups excluding carboxylic acids is 1. The van der Waals surface area contributed by atoms with Crippen LogP contribution in [0, 0.1) is 0 Å². The first-order valence-corrected chi connectivity index (χ1v) is 12.4. The van der Waals surface area contributed by atoms with Crippen LogP contribution >= 0.6 is 23.2 Å². The van der Waals surface area contributed by atoms with Gasteiger partial charge in [-0.05, 0) is 49.9 Å². The first-order chi connectivity index (χ1) is 16.5. The number of hydroxylamine groups is 1. The lowest BCUT2D eigenvalue weighted by atomic mass is 10.0. The zero-order valence-electron chi connectivity index (χ0n) is 18.9. The maximum atomic E-state index is 11.1. The lowest BCUT2D eigenvalue weighted by molar-refractivity contribution is -0.129. The Hall–Kier alpha value is -2.67. The molecule has 1 aliphatic rings. The Bertz CT molecular complexity index is 1120. The molecule has 3 aromatic rings. The normalized spacial score (nSPS) is 13.0. The van der Waals surface area contributed by atoms with Crippen LogP contribution in [0.3, 0.4) is 0 Å². The van der Waals surface area contributed by atoms with E-state index in [1.807, 2.05) is 48.5 Å². The first kappa shape index (κ1) is 24.5. The molecule has 2 N–H and O–H groups in total. The van der Waals surface area contributed by atoms with Gasteiger partial charge in [-0.2, -0.15) is 0 Å². The molecule has 178 valence electrons. The van der Waals surface area contributed by atoms with Crippen molar-refractivity contribution in [3.05, 3.63) is 64.3 Å². The number of carbonyl (C=O) groups is 1. The molecule has 1 aliphatic heterocycles. The zero-order chi connectivity index (χ0) is 23.9. The minimum absolute atomic E-state index is 0.327. The van der Waals surface area contributed by atoms with Gasteiger partial charge in [-0.25, -0.2) is 15.4 Å². The summed E-state index contributed by atoms with van der Waals surface area (Å²) in [4.78, 5) is 23.7. The lowest BCUT2D eigenvalue weighted by Crippen LogP contribution is -2.32. The molecule has 1 amide bonds. The van der Waals surface area contributed by atoms with E-state index >= 15 is 0 Å². The molecule has 2 heterocycles. The van der Waals surface area contributed by atoms with Crippen LogP contribution in [-0.4, -0.2) is 34.2 Å². The Morgan fingerprint density at radius 1 is 0.882 bits per heavy atom. The van der Waals surface area contributed by atoms with Crippen molar-refractivity contribution >= 4 is 34.9 Å². The summed E-state index contributed by atoms with van der Waals surface area (Å²) in [5.74, 6) is 0.625. The summed E-state index contributed by atoms with van der Waals surface area (Å²) in [6.45, 7) is 1.85. The highest BCUT2D eigenvalue weighted by Crippen LogP contribution is 2.35. The number of unbranched alkanes of at least 4 members (excludes halogenated alkanes) is 3. The maximum Gasteiger partial charge on any atom is 0.243 e. The van der Waals surface area contributed by atoms with E-state index < -0.39 is 0 Å². The number of anilines is 1. The minimum Gasteiger partial charge on any atom is -0.355 e. The third-order valence-electron chi connectivity index (χ3n) is 6.03. The largest absolute Gasteiger partial charge is 0.355 e. The molecule has 34 heavy (non-hydrogen) atoms. The number of hydrogen-bond donors (Lipinski definition) is 2. The van der Waals surface area contributed by atoms with Crippen LogP contribution in [0.25, 0.3) is 22.5 Å². The van der Waals surface area contributed by atoms with Crippen molar-refractivity contribution < 1.29 is 10.0 Å². The highest BCUT2D eigenvalue weighted by Gasteiger charge is 2.23. The van der Waals surface area contributed by atoms with E-state index in [0.717, 1.165) is 85.6 Å². The van der Waals surface area contributed by atoms with Gasteiger partial charge in [0.05, 0.1) is 17.1 Å². The van der Waals surface area contributed by atoms with E-state index in [0.29, 0.717) is 16.5 Å². The molecule has 0 aliphatic carbocycles. The van der Waals surface area contributed by atoms with E-state index in [1.54, 1.807) is 5.48 Å². The number of fused-ring (bicyclic) bond motifs is 1. The van der Waals surface area contributed by atoms with Crippen LogP contribution in [0.4, 0.5) is 5.82 Å². The van der Waals surface area contributed by atoms with Crippen LogP contribution in [0.1, 0.15) is 44.2 Å². The summed E-state index contributed by atoms with van der Waals surface area (Å²) < 4.78 is 0. The lowest BCUT2D eigenvalue weighted by Gasteiger charge is -2.30. The van der Waals surface area contributed by atoms with Crippen molar-refractivity contribution in [3.63, 3.8) is 0 Å². The Morgan fingerprint density at radius 3 is 2.09 bits per heavy atom. The van der Waals surface area contributed by atoms with Crippen molar-refractivity contribution in [1.29, 1.82) is 0 Å². The molecule has 4 rings (SSSR count). The van der Waals surface area contributed by atoms with Gasteiger partial charge in [0.25, 0.3) is 0 Å². The number of amides is 1. The Morgan fingerprint density at radius 2 is 1.47 bits per heavy atom. The van der Waals surface area contributed by atoms with Crippen LogP contribution in [-0.2, 0) is 11.2 Å². The van der Waals surface area contributed by atoms with Crippen molar-refractivity contribution in [2.24, 2.45) is 0 Å². The third-order valence-corrected chi connectivity index (χ3v) is 6.53. The second-order valence-electron chi connectivity index (χ2n) is 8.49. The summed E-state index contributed by atoms with van der Waals surface area (Å²) in [5, 5.41) is 9.96. The van der Waals surface area contributed by atoms with Crippen LogP contribution in [0.2, 0.25) is 10.0 Å². The molecule has 6 nitrogen and oxygen atoms in total. The number of nitrogens with zero attached hydrogens (tertiary/aromatic N) is 3. The number of aryl methyl sites for hydroxylation is 1. The standard InChI is InChI=1S/C26H28Cl2N4O2/c27-20-12-8-18(9-13-20)24-25(19-10-14-21(28)15-11-19)30-26-22(29-24)6-5-17-32(26)16-4-2-1-3-7-23(33)31-34/h8-15,34H,1-7,16-17H2,(H,31,33). The molecule has 8 heteroatoms. The average molecular weight is 499 g/mol. The summed E-state index contributed by atoms with van der Waals surface area (Å²) in [7, 11) is 0. The molecule has 0 bridgehead atoms. The molecule has 2 aromatic carbocycles. The van der Waals surface area contributed by atoms with Crippen LogP contribution < -0.4 is 10.4 Å². The molecule has 0 fully saturated rings. The van der Waals surface area contributed by atoms with E-state index in [2.05, 4.69) is 4.90 Å². The van der Waals surface area contributed by atoms with Gasteiger partial charge in [0.15, 0.2) is 5.82 Å². The molecule has 0 radical (unpaired) electrons. The van der Waals surface area contributed by atoms with Gasteiger partial charge in [0, 0.05) is 40.7 Å². The molecule has 0 saturated carbocycles. The fourth-order valence-corrected chi connectivity index (χ4v) is 4.51. The highest BCUT2D eigenvalue weighted by atomic mass is 35.5. The third kappa shape index (κ3) is 6.06. The number of aromatic nitrogens is 2. The van der Waals surface area contributed by atoms with Crippen LogP contribution in [0.15, 0.2) is 48.5 Å². The second kappa shape index (κ2) is 11.6. The van der Waals surface area contributed by atoms with Gasteiger partial charge in [0.2, 0.25) is 5.91 Å². The van der Waals surface area contributed by atoms with Gasteiger partial charge in [-0.3, -0.25) is 10.0 Å². The summed E-state index contributed by atoms with van der Waals surface area (Å²) in [6.07, 6.45) is 6.04. The number of rotatable bonds is 9. The van der Waals surface area contributed by atoms with E-state index in [1.165, 1.54) is 0 Å². The molecule has 0 saturated heterocycles. The van der Waals surface area contributed by atoms with Gasteiger partial charge in [0.1, 0.15) is 0 Å². The van der Waals surface area contributed by atoms with Crippen molar-refractivity contribution in [2.45, 2.75) is 44.9 Å². The average Bonchev–Trinajstić information content (AvgIpc) is 2.86. The summed E-state index contributed by atoms with van der Waals surface area (Å²) in [6, 6.07) is 15.4. The second-order valence-corrected chi connectivity index (χ2v) is 9.37. The molecule has 1 aromatic heterocycles. The first-order valence-electron chi connectivity index (χ1n) is 11.7. The van der Waals surface area contributed by atoms with Crippen molar-refractivity contribution in [2.75, 3.05) is 18.0 Å². The fourth-order valence-electron chi connectivity index (χ4n) is 4.26. The quantitative estimate of drug-likeness (QED) is 0.205. The van der Waals surface area contributed by atoms with Gasteiger partial charge in [-0.1, -0.05) is 60.3 Å². The molecular weight excluding hydrogens is 471 g/mol. The number of nitrogens with one attached hydrogen (secondary N) is 1. The Balaban J connectivity index is 1.57. The van der Waals surface area contributed by atoms with Crippen molar-refractivity contribution in [1.82, 2.24) is 15.4 Å². The Kier molecular flexibility index (Phi) is 8.38. The smallest absolute Gasteiger partial charge is 0.243 e. The molecule has 0 unspecified atom stereocenters. The Labute approximate surface area is 209 Å². The number of hydrogen-bond acceptors (Lipinski definition) is 5. The number of halogens is 2. The van der Waals surface area contributed by atoms with Gasteiger partial charge < -0.3 is 4.90 Å². The summed E-state index contributed by atoms with van der Waals surface area (Å²) in [5.41, 5.74) is 6.34. The van der Waals surface area contributed by atoms with E-state index in [9.17, 15) is 4.79 Å². The minimum atomic E-state index is -0.327. The monoisotopic (exact) mass is 498 g/mol. The maximum absolute atomic E-state index is 11.1. The van der Waals surface area contributed by atoms with Gasteiger partial charge in [-0.15, -0.1) is 0 Å². The highest BCUT2D eigenvalue weighted by molar-refractivity contribution is 6.31. The molecule has 0 atom stereocenters. The topological polar surface area (TPSA) is 78.4 Å². The van der Waals surface area contributed by atoms with Gasteiger partial charge >= 0.3 is 0 Å². The molecule has 0 spiro atoms. The zero-order valence-corrected chi connectivity index (χ0v) is 20.4. The molecular formula is C26H28Cl2N4O2. The predicted octanol–water partition coefficient (Wildman–Crippen LogP) is 6.33. The fraction of sp³-hybridized carbons (Fsp3) is 0.346. The van der Waals surface area contributed by atoms with E-state index in [-0.39, 0.29) is 5.91 Å². The van der Waals surface area contributed by atoms with Crippen LogP contribution in [0.5, 0.6) is 0 Å².